The van der Waals surface area contributed by atoms with Gasteiger partial charge in [0.15, 0.2) is 0 Å². The average Bonchev–Trinajstić information content (AvgIpc) is 2.40. The molecule has 1 saturated carbocycles. The summed E-state index contributed by atoms with van der Waals surface area (Å²) < 4.78 is 5.60. The van der Waals surface area contributed by atoms with Gasteiger partial charge < -0.3 is 10.1 Å². The van der Waals surface area contributed by atoms with E-state index in [1.165, 1.54) is 58.2 Å². The summed E-state index contributed by atoms with van der Waals surface area (Å²) >= 11 is 0. The fourth-order valence-electron chi connectivity index (χ4n) is 4.25. The zero-order valence-corrected chi connectivity index (χ0v) is 11.8. The van der Waals surface area contributed by atoms with E-state index in [1.807, 2.05) is 0 Å². The first kappa shape index (κ1) is 12.9. The van der Waals surface area contributed by atoms with Gasteiger partial charge in [-0.1, -0.05) is 26.2 Å². The summed E-state index contributed by atoms with van der Waals surface area (Å²) in [7, 11) is 0. The second-order valence-electron chi connectivity index (χ2n) is 6.65. The van der Waals surface area contributed by atoms with Crippen molar-refractivity contribution in [2.75, 3.05) is 32.8 Å². The minimum atomic E-state index is 0.453. The predicted octanol–water partition coefficient (Wildman–Crippen LogP) is 2.02. The van der Waals surface area contributed by atoms with Crippen molar-refractivity contribution in [1.82, 2.24) is 10.2 Å². The van der Waals surface area contributed by atoms with E-state index in [0.717, 1.165) is 19.3 Å². The van der Waals surface area contributed by atoms with E-state index in [4.69, 9.17) is 4.74 Å². The van der Waals surface area contributed by atoms with Crippen LogP contribution in [0, 0.1) is 5.92 Å². The quantitative estimate of drug-likeness (QED) is 0.773. The van der Waals surface area contributed by atoms with Crippen LogP contribution >= 0.6 is 0 Å². The predicted molar refractivity (Wildman–Crippen MR) is 73.8 cm³/mol. The van der Waals surface area contributed by atoms with Gasteiger partial charge in [-0.25, -0.2) is 0 Å². The first-order valence-electron chi connectivity index (χ1n) is 7.86. The number of hydrogen-bond acceptors (Lipinski definition) is 3. The zero-order chi connectivity index (χ0) is 12.4. The molecule has 0 amide bonds. The van der Waals surface area contributed by atoms with E-state index < -0.39 is 0 Å². The molecule has 2 unspecified atom stereocenters. The molecule has 0 aromatic rings. The number of rotatable bonds is 1. The van der Waals surface area contributed by atoms with E-state index >= 15 is 0 Å². The van der Waals surface area contributed by atoms with E-state index in [1.54, 1.807) is 0 Å². The lowest BCUT2D eigenvalue weighted by molar-refractivity contribution is -0.0293. The van der Waals surface area contributed by atoms with Crippen molar-refractivity contribution >= 4 is 0 Å². The second-order valence-corrected chi connectivity index (χ2v) is 6.65. The van der Waals surface area contributed by atoms with Crippen LogP contribution in [0.4, 0.5) is 0 Å². The summed E-state index contributed by atoms with van der Waals surface area (Å²) in [5.41, 5.74) is 0.453. The van der Waals surface area contributed by atoms with Crippen molar-refractivity contribution in [1.29, 1.82) is 0 Å². The van der Waals surface area contributed by atoms with Crippen molar-refractivity contribution in [3.63, 3.8) is 0 Å². The van der Waals surface area contributed by atoms with Crippen molar-refractivity contribution in [2.24, 2.45) is 5.92 Å². The topological polar surface area (TPSA) is 24.5 Å². The van der Waals surface area contributed by atoms with Crippen LogP contribution in [0.25, 0.3) is 0 Å². The highest BCUT2D eigenvalue weighted by Gasteiger charge is 2.39. The van der Waals surface area contributed by atoms with E-state index in [0.29, 0.717) is 11.5 Å². The van der Waals surface area contributed by atoms with E-state index in [-0.39, 0.29) is 0 Å². The Kier molecular flexibility index (Phi) is 3.92. The first-order valence-corrected chi connectivity index (χ1v) is 7.86. The Morgan fingerprint density at radius 1 is 1.22 bits per heavy atom. The third-order valence-corrected chi connectivity index (χ3v) is 5.28. The zero-order valence-electron chi connectivity index (χ0n) is 11.8. The van der Waals surface area contributed by atoms with Crippen LogP contribution in [-0.4, -0.2) is 49.3 Å². The summed E-state index contributed by atoms with van der Waals surface area (Å²) in [5, 5.41) is 3.85. The summed E-state index contributed by atoms with van der Waals surface area (Å²) in [6.45, 7) is 7.98. The van der Waals surface area contributed by atoms with Gasteiger partial charge in [-0.3, -0.25) is 4.90 Å². The standard InChI is InChI=1S/C15H28N2O/c1-13-11-18-10-5-14(13)17-9-8-16-15(12-17)6-3-2-4-7-15/h13-14,16H,2-12H2,1H3. The van der Waals surface area contributed by atoms with Gasteiger partial charge in [0, 0.05) is 37.8 Å². The summed E-state index contributed by atoms with van der Waals surface area (Å²) in [4.78, 5) is 2.77. The Morgan fingerprint density at radius 3 is 2.83 bits per heavy atom. The van der Waals surface area contributed by atoms with Crippen molar-refractivity contribution < 1.29 is 4.74 Å². The van der Waals surface area contributed by atoms with E-state index in [2.05, 4.69) is 17.1 Å². The van der Waals surface area contributed by atoms with Gasteiger partial charge in [-0.15, -0.1) is 0 Å². The molecule has 0 bridgehead atoms. The van der Waals surface area contributed by atoms with Gasteiger partial charge in [0.25, 0.3) is 0 Å². The Balaban J connectivity index is 1.65. The highest BCUT2D eigenvalue weighted by molar-refractivity contribution is 4.98. The molecule has 2 heterocycles. The van der Waals surface area contributed by atoms with Crippen LogP contribution in [0.5, 0.6) is 0 Å². The molecule has 2 atom stereocenters. The first-order chi connectivity index (χ1) is 8.79. The molecule has 2 saturated heterocycles. The van der Waals surface area contributed by atoms with Crippen molar-refractivity contribution in [3.8, 4) is 0 Å². The number of nitrogens with one attached hydrogen (secondary N) is 1. The Morgan fingerprint density at radius 2 is 2.06 bits per heavy atom. The largest absolute Gasteiger partial charge is 0.381 e. The van der Waals surface area contributed by atoms with Gasteiger partial charge >= 0.3 is 0 Å². The van der Waals surface area contributed by atoms with Crippen LogP contribution in [0.15, 0.2) is 0 Å². The Hall–Kier alpha value is -0.120. The number of hydrogen-bond donors (Lipinski definition) is 1. The van der Waals surface area contributed by atoms with Crippen LogP contribution < -0.4 is 5.32 Å². The Labute approximate surface area is 111 Å². The second kappa shape index (κ2) is 5.48. The van der Waals surface area contributed by atoms with Crippen LogP contribution in [0.1, 0.15) is 45.4 Å². The molecular weight excluding hydrogens is 224 g/mol. The average molecular weight is 252 g/mol. The molecule has 3 nitrogen and oxygen atoms in total. The maximum Gasteiger partial charge on any atom is 0.0506 e. The lowest BCUT2D eigenvalue weighted by Gasteiger charge is -2.50. The van der Waals surface area contributed by atoms with Crippen LogP contribution in [-0.2, 0) is 4.74 Å². The molecule has 0 aromatic carbocycles. The third-order valence-electron chi connectivity index (χ3n) is 5.28. The molecule has 1 N–H and O–H groups in total. The maximum atomic E-state index is 5.60. The van der Waals surface area contributed by atoms with Crippen molar-refractivity contribution in [2.45, 2.75) is 57.0 Å². The molecule has 1 spiro atoms. The minimum Gasteiger partial charge on any atom is -0.381 e. The Bertz CT molecular complexity index is 270. The van der Waals surface area contributed by atoms with Gasteiger partial charge in [0.1, 0.15) is 0 Å². The summed E-state index contributed by atoms with van der Waals surface area (Å²) in [5.74, 6) is 0.706. The molecule has 1 aliphatic carbocycles. The normalized spacial score (nSPS) is 37.8. The smallest absolute Gasteiger partial charge is 0.0506 e. The fourth-order valence-corrected chi connectivity index (χ4v) is 4.25. The third kappa shape index (κ3) is 2.59. The molecule has 3 aliphatic rings. The maximum absolute atomic E-state index is 5.60. The van der Waals surface area contributed by atoms with Crippen LogP contribution in [0.2, 0.25) is 0 Å². The monoisotopic (exact) mass is 252 g/mol. The van der Waals surface area contributed by atoms with Gasteiger partial charge in [-0.2, -0.15) is 0 Å². The molecule has 0 radical (unpaired) electrons. The summed E-state index contributed by atoms with van der Waals surface area (Å²) in [6.07, 6.45) is 8.30. The molecule has 2 aliphatic heterocycles. The molecule has 18 heavy (non-hydrogen) atoms. The highest BCUT2D eigenvalue weighted by Crippen LogP contribution is 2.33. The minimum absolute atomic E-state index is 0.453. The molecule has 3 rings (SSSR count). The highest BCUT2D eigenvalue weighted by atomic mass is 16.5. The van der Waals surface area contributed by atoms with Crippen molar-refractivity contribution in [3.05, 3.63) is 0 Å². The lowest BCUT2D eigenvalue weighted by Crippen LogP contribution is -2.64. The van der Waals surface area contributed by atoms with Gasteiger partial charge in [0.2, 0.25) is 0 Å². The SMILES string of the molecule is CC1COCCC1N1CCNC2(CCCCC2)C1. The van der Waals surface area contributed by atoms with E-state index in [9.17, 15) is 0 Å². The van der Waals surface area contributed by atoms with Gasteiger partial charge in [0.05, 0.1) is 6.61 Å². The van der Waals surface area contributed by atoms with Gasteiger partial charge in [-0.05, 0) is 25.2 Å². The lowest BCUT2D eigenvalue weighted by atomic mass is 9.79. The molecule has 0 aromatic heterocycles. The van der Waals surface area contributed by atoms with Crippen LogP contribution in [0.3, 0.4) is 0 Å². The molecule has 104 valence electrons. The number of nitrogens with zero attached hydrogens (tertiary/aromatic N) is 1. The fraction of sp³-hybridized carbons (Fsp3) is 1.00. The molecule has 3 fully saturated rings. The summed E-state index contributed by atoms with van der Waals surface area (Å²) in [6, 6.07) is 0.764. The molecule has 3 heteroatoms. The number of piperazine rings is 1. The number of ether oxygens (including phenoxy) is 1. The molecular formula is C15H28N2O.